The van der Waals surface area contributed by atoms with Crippen molar-refractivity contribution in [1.29, 1.82) is 0 Å². The fourth-order valence-corrected chi connectivity index (χ4v) is 3.79. The van der Waals surface area contributed by atoms with Gasteiger partial charge >= 0.3 is 0 Å². The number of halogens is 2. The van der Waals surface area contributed by atoms with Crippen LogP contribution in [-0.2, 0) is 0 Å². The van der Waals surface area contributed by atoms with E-state index in [0.717, 1.165) is 27.0 Å². The van der Waals surface area contributed by atoms with Gasteiger partial charge in [-0.2, -0.15) is 4.98 Å². The summed E-state index contributed by atoms with van der Waals surface area (Å²) in [5.41, 5.74) is 3.18. The number of fused-ring (bicyclic) bond motifs is 3. The molecule has 1 atom stereocenters. The molecule has 1 aliphatic heterocycles. The molecule has 2 aromatic carbocycles. The highest BCUT2D eigenvalue weighted by molar-refractivity contribution is 9.10. The monoisotopic (exact) mass is 448 g/mol. The predicted octanol–water partition coefficient (Wildman–Crippen LogP) is 5.57. The van der Waals surface area contributed by atoms with Gasteiger partial charge in [0.25, 0.3) is 0 Å². The summed E-state index contributed by atoms with van der Waals surface area (Å²) in [7, 11) is 0. The van der Waals surface area contributed by atoms with E-state index >= 15 is 0 Å². The molecule has 0 amide bonds. The lowest BCUT2D eigenvalue weighted by molar-refractivity contribution is 0.225. The van der Waals surface area contributed by atoms with Gasteiger partial charge in [-0.05, 0) is 30.0 Å². The molecule has 0 unspecified atom stereocenters. The second-order valence-corrected chi connectivity index (χ2v) is 8.09. The standard InChI is InChI=1S/C18H14BrClN4OS/c1-2-26-18-22-17-15(23-24-18)12-9-10(19)7-8-14(12)21-16(25-17)11-5-3-4-6-13(11)20/h3-9,16,21H,2H2,1H3/t16-/m0/s1. The minimum atomic E-state index is -0.485. The first-order valence-corrected chi connectivity index (χ1v) is 10.2. The van der Waals surface area contributed by atoms with E-state index in [1.165, 1.54) is 11.8 Å². The molecule has 5 nitrogen and oxygen atoms in total. The fourth-order valence-electron chi connectivity index (χ4n) is 2.69. The smallest absolute Gasteiger partial charge is 0.247 e. The molecule has 3 aromatic rings. The van der Waals surface area contributed by atoms with Gasteiger partial charge in [0.15, 0.2) is 11.9 Å². The molecule has 0 bridgehead atoms. The average molecular weight is 450 g/mol. The first kappa shape index (κ1) is 17.6. The van der Waals surface area contributed by atoms with Crippen LogP contribution in [0.5, 0.6) is 5.88 Å². The largest absolute Gasteiger partial charge is 0.448 e. The van der Waals surface area contributed by atoms with Gasteiger partial charge in [0, 0.05) is 26.3 Å². The number of hydrogen-bond donors (Lipinski definition) is 1. The van der Waals surface area contributed by atoms with Gasteiger partial charge in [-0.1, -0.05) is 64.4 Å². The zero-order chi connectivity index (χ0) is 18.1. The Balaban J connectivity index is 1.87. The number of nitrogens with one attached hydrogen (secondary N) is 1. The van der Waals surface area contributed by atoms with Crippen molar-refractivity contribution in [2.24, 2.45) is 0 Å². The zero-order valence-electron chi connectivity index (χ0n) is 13.7. The lowest BCUT2D eigenvalue weighted by Crippen LogP contribution is -2.17. The van der Waals surface area contributed by atoms with Crippen molar-refractivity contribution in [3.63, 3.8) is 0 Å². The number of benzene rings is 2. The lowest BCUT2D eigenvalue weighted by Gasteiger charge is -2.20. The van der Waals surface area contributed by atoms with E-state index in [-0.39, 0.29) is 0 Å². The van der Waals surface area contributed by atoms with Crippen LogP contribution in [0.3, 0.4) is 0 Å². The second kappa shape index (κ2) is 7.42. The van der Waals surface area contributed by atoms with Crippen molar-refractivity contribution < 1.29 is 4.74 Å². The molecule has 0 spiro atoms. The maximum atomic E-state index is 6.39. The van der Waals surface area contributed by atoms with Gasteiger partial charge < -0.3 is 10.1 Å². The highest BCUT2D eigenvalue weighted by Gasteiger charge is 2.27. The first-order valence-electron chi connectivity index (χ1n) is 8.00. The van der Waals surface area contributed by atoms with E-state index < -0.39 is 6.23 Å². The summed E-state index contributed by atoms with van der Waals surface area (Å²) in [6.45, 7) is 2.04. The number of rotatable bonds is 3. The molecule has 0 fully saturated rings. The highest BCUT2D eigenvalue weighted by atomic mass is 79.9. The molecule has 0 saturated heterocycles. The molecular weight excluding hydrogens is 436 g/mol. The Hall–Kier alpha value is -1.83. The SMILES string of the molecule is CCSc1nnc2c(n1)O[C@@H](c1ccccc1Cl)Nc1ccc(Br)cc1-2. The van der Waals surface area contributed by atoms with Gasteiger partial charge in [-0.25, -0.2) is 0 Å². The summed E-state index contributed by atoms with van der Waals surface area (Å²) in [6, 6.07) is 13.5. The molecular formula is C18H14BrClN4OS. The van der Waals surface area contributed by atoms with Crippen LogP contribution in [0.15, 0.2) is 52.1 Å². The Morgan fingerprint density at radius 3 is 2.88 bits per heavy atom. The van der Waals surface area contributed by atoms with Gasteiger partial charge in [0.05, 0.1) is 0 Å². The third-order valence-corrected chi connectivity index (χ3v) is 5.41. The molecule has 1 aromatic heterocycles. The Bertz CT molecular complexity index is 972. The molecule has 1 aliphatic rings. The molecule has 0 saturated carbocycles. The maximum absolute atomic E-state index is 6.39. The average Bonchev–Trinajstić information content (AvgIpc) is 2.78. The Labute approximate surface area is 168 Å². The first-order chi connectivity index (χ1) is 12.7. The third-order valence-electron chi connectivity index (χ3n) is 3.85. The summed E-state index contributed by atoms with van der Waals surface area (Å²) in [6.07, 6.45) is -0.485. The normalized spacial score (nSPS) is 15.3. The highest BCUT2D eigenvalue weighted by Crippen LogP contribution is 2.41. The maximum Gasteiger partial charge on any atom is 0.247 e. The van der Waals surface area contributed by atoms with Crippen molar-refractivity contribution in [3.05, 3.63) is 57.5 Å². The zero-order valence-corrected chi connectivity index (χ0v) is 16.9. The van der Waals surface area contributed by atoms with Crippen LogP contribution in [0.1, 0.15) is 18.7 Å². The summed E-state index contributed by atoms with van der Waals surface area (Å²) in [4.78, 5) is 4.57. The topological polar surface area (TPSA) is 59.9 Å². The van der Waals surface area contributed by atoms with Crippen LogP contribution in [0.2, 0.25) is 5.02 Å². The second-order valence-electron chi connectivity index (χ2n) is 5.53. The summed E-state index contributed by atoms with van der Waals surface area (Å²) in [5, 5.41) is 13.2. The van der Waals surface area contributed by atoms with Gasteiger partial charge in [-0.15, -0.1) is 10.2 Å². The van der Waals surface area contributed by atoms with E-state index in [1.54, 1.807) is 0 Å². The van der Waals surface area contributed by atoms with Gasteiger partial charge in [0.1, 0.15) is 0 Å². The Morgan fingerprint density at radius 1 is 1.23 bits per heavy atom. The van der Waals surface area contributed by atoms with E-state index in [2.05, 4.69) is 36.4 Å². The van der Waals surface area contributed by atoms with Crippen LogP contribution >= 0.6 is 39.3 Å². The minimum absolute atomic E-state index is 0.435. The molecule has 2 heterocycles. The number of ether oxygens (including phenoxy) is 1. The molecule has 132 valence electrons. The molecule has 8 heteroatoms. The Kier molecular flexibility index (Phi) is 5.02. The van der Waals surface area contributed by atoms with E-state index in [4.69, 9.17) is 16.3 Å². The quantitative estimate of drug-likeness (QED) is 0.528. The van der Waals surface area contributed by atoms with Gasteiger partial charge in [0.2, 0.25) is 11.0 Å². The molecule has 4 rings (SSSR count). The number of thioether (sulfide) groups is 1. The van der Waals surface area contributed by atoms with Crippen LogP contribution in [0.25, 0.3) is 11.3 Å². The summed E-state index contributed by atoms with van der Waals surface area (Å²) in [5.74, 6) is 1.29. The number of aromatic nitrogens is 3. The van der Waals surface area contributed by atoms with E-state index in [0.29, 0.717) is 21.8 Å². The van der Waals surface area contributed by atoms with E-state index in [9.17, 15) is 0 Å². The lowest BCUT2D eigenvalue weighted by atomic mass is 10.1. The molecule has 1 N–H and O–H groups in total. The van der Waals surface area contributed by atoms with Crippen molar-refractivity contribution >= 4 is 45.0 Å². The number of anilines is 1. The third kappa shape index (κ3) is 3.39. The van der Waals surface area contributed by atoms with Crippen LogP contribution in [0, 0.1) is 0 Å². The van der Waals surface area contributed by atoms with Crippen molar-refractivity contribution in [2.75, 3.05) is 11.1 Å². The Morgan fingerprint density at radius 2 is 2.08 bits per heavy atom. The fraction of sp³-hybridized carbons (Fsp3) is 0.167. The van der Waals surface area contributed by atoms with Crippen LogP contribution in [-0.4, -0.2) is 20.9 Å². The molecule has 0 radical (unpaired) electrons. The van der Waals surface area contributed by atoms with Crippen molar-refractivity contribution in [2.45, 2.75) is 18.3 Å². The molecule has 26 heavy (non-hydrogen) atoms. The minimum Gasteiger partial charge on any atom is -0.448 e. The predicted molar refractivity (Wildman–Crippen MR) is 108 cm³/mol. The molecule has 0 aliphatic carbocycles. The van der Waals surface area contributed by atoms with Crippen molar-refractivity contribution in [3.8, 4) is 17.1 Å². The number of hydrogen-bond acceptors (Lipinski definition) is 6. The van der Waals surface area contributed by atoms with Crippen molar-refractivity contribution in [1.82, 2.24) is 15.2 Å². The summed E-state index contributed by atoms with van der Waals surface area (Å²) < 4.78 is 7.13. The van der Waals surface area contributed by atoms with Crippen LogP contribution in [0.4, 0.5) is 5.69 Å². The van der Waals surface area contributed by atoms with E-state index in [1.807, 2.05) is 49.4 Å². The van der Waals surface area contributed by atoms with Crippen LogP contribution < -0.4 is 10.1 Å². The summed E-state index contributed by atoms with van der Waals surface area (Å²) >= 11 is 11.4. The number of nitrogens with zero attached hydrogens (tertiary/aromatic N) is 3. The van der Waals surface area contributed by atoms with Gasteiger partial charge in [-0.3, -0.25) is 0 Å².